The monoisotopic (exact) mass is 267 g/mol. The lowest BCUT2D eigenvalue weighted by atomic mass is 10.1. The average molecular weight is 267 g/mol. The minimum absolute atomic E-state index is 0.232. The van der Waals surface area contributed by atoms with Crippen LogP contribution in [0.3, 0.4) is 0 Å². The van der Waals surface area contributed by atoms with E-state index in [1.807, 2.05) is 13.0 Å². The highest BCUT2D eigenvalue weighted by atomic mass is 16.7. The van der Waals surface area contributed by atoms with Gasteiger partial charge in [0.25, 0.3) is 0 Å². The van der Waals surface area contributed by atoms with Crippen LogP contribution in [0.25, 0.3) is 0 Å². The summed E-state index contributed by atoms with van der Waals surface area (Å²) in [5, 5.41) is 22.7. The molecule has 1 aromatic carbocycles. The van der Waals surface area contributed by atoms with Crippen LogP contribution in [-0.2, 0) is 0 Å². The van der Waals surface area contributed by atoms with Crippen LogP contribution in [0, 0.1) is 0 Å². The first-order valence-corrected chi connectivity index (χ1v) is 6.67. The Kier molecular flexibility index (Phi) is 5.01. The number of benzene rings is 1. The van der Waals surface area contributed by atoms with Crippen molar-refractivity contribution in [1.29, 1.82) is 0 Å². The molecule has 1 heterocycles. The van der Waals surface area contributed by atoms with Gasteiger partial charge in [-0.3, -0.25) is 0 Å². The predicted molar refractivity (Wildman–Crippen MR) is 71.3 cm³/mol. The largest absolute Gasteiger partial charge is 0.454 e. The van der Waals surface area contributed by atoms with Crippen molar-refractivity contribution in [2.45, 2.75) is 32.0 Å². The van der Waals surface area contributed by atoms with Crippen LogP contribution >= 0.6 is 0 Å². The molecule has 19 heavy (non-hydrogen) atoms. The van der Waals surface area contributed by atoms with E-state index < -0.39 is 6.10 Å². The van der Waals surface area contributed by atoms with Crippen molar-refractivity contribution in [3.8, 4) is 11.5 Å². The summed E-state index contributed by atoms with van der Waals surface area (Å²) in [6.45, 7) is 3.16. The number of hydrogen-bond acceptors (Lipinski definition) is 5. The summed E-state index contributed by atoms with van der Waals surface area (Å²) >= 11 is 0. The summed E-state index contributed by atoms with van der Waals surface area (Å²) < 4.78 is 10.5. The minimum Gasteiger partial charge on any atom is -0.454 e. The fraction of sp³-hybridized carbons (Fsp3) is 0.571. The Balaban J connectivity index is 1.81. The number of ether oxygens (including phenoxy) is 2. The Morgan fingerprint density at radius 2 is 2.00 bits per heavy atom. The SMILES string of the molecule is CCCC(O)CNCC(O)c1ccc2c(c1)OCO2. The molecule has 0 amide bonds. The molecular formula is C14H21NO4. The van der Waals surface area contributed by atoms with Crippen molar-refractivity contribution in [3.05, 3.63) is 23.8 Å². The Bertz CT molecular complexity index is 410. The maximum absolute atomic E-state index is 10.1. The van der Waals surface area contributed by atoms with Gasteiger partial charge in [0, 0.05) is 13.1 Å². The van der Waals surface area contributed by atoms with Gasteiger partial charge in [0.05, 0.1) is 12.2 Å². The minimum atomic E-state index is -0.622. The fourth-order valence-electron chi connectivity index (χ4n) is 2.06. The third-order valence-corrected chi connectivity index (χ3v) is 3.12. The molecular weight excluding hydrogens is 246 g/mol. The topological polar surface area (TPSA) is 71.0 Å². The lowest BCUT2D eigenvalue weighted by molar-refractivity contribution is 0.140. The molecule has 2 atom stereocenters. The van der Waals surface area contributed by atoms with Gasteiger partial charge in [0.1, 0.15) is 0 Å². The molecule has 1 aromatic rings. The summed E-state index contributed by atoms with van der Waals surface area (Å²) in [6, 6.07) is 5.41. The Hall–Kier alpha value is -1.30. The lowest BCUT2D eigenvalue weighted by Crippen LogP contribution is -2.30. The number of fused-ring (bicyclic) bond motifs is 1. The molecule has 0 bridgehead atoms. The second kappa shape index (κ2) is 6.75. The third kappa shape index (κ3) is 3.83. The van der Waals surface area contributed by atoms with E-state index in [1.54, 1.807) is 12.1 Å². The molecule has 5 nitrogen and oxygen atoms in total. The number of aliphatic hydroxyl groups excluding tert-OH is 2. The first kappa shape index (κ1) is 14.1. The highest BCUT2D eigenvalue weighted by molar-refractivity contribution is 5.45. The van der Waals surface area contributed by atoms with Crippen molar-refractivity contribution < 1.29 is 19.7 Å². The van der Waals surface area contributed by atoms with Gasteiger partial charge in [-0.1, -0.05) is 19.4 Å². The molecule has 5 heteroatoms. The number of rotatable bonds is 7. The second-order valence-corrected chi connectivity index (χ2v) is 4.73. The van der Waals surface area contributed by atoms with Crippen LogP contribution < -0.4 is 14.8 Å². The molecule has 3 N–H and O–H groups in total. The van der Waals surface area contributed by atoms with Crippen LogP contribution in [0.15, 0.2) is 18.2 Å². The molecule has 0 fully saturated rings. The summed E-state index contributed by atoms with van der Waals surface area (Å²) in [7, 11) is 0. The van der Waals surface area contributed by atoms with E-state index in [9.17, 15) is 10.2 Å². The second-order valence-electron chi connectivity index (χ2n) is 4.73. The van der Waals surface area contributed by atoms with E-state index in [2.05, 4.69) is 5.32 Å². The van der Waals surface area contributed by atoms with Crippen molar-refractivity contribution in [1.82, 2.24) is 5.32 Å². The van der Waals surface area contributed by atoms with E-state index >= 15 is 0 Å². The summed E-state index contributed by atoms with van der Waals surface area (Å²) in [5.74, 6) is 1.38. The van der Waals surface area contributed by atoms with Crippen LogP contribution in [0.4, 0.5) is 0 Å². The summed E-state index contributed by atoms with van der Waals surface area (Å²) in [5.41, 5.74) is 0.779. The maximum atomic E-state index is 10.1. The molecule has 0 spiro atoms. The molecule has 106 valence electrons. The van der Waals surface area contributed by atoms with E-state index in [-0.39, 0.29) is 12.9 Å². The molecule has 1 aliphatic heterocycles. The number of hydrogen-bond donors (Lipinski definition) is 3. The molecule has 2 unspecified atom stereocenters. The maximum Gasteiger partial charge on any atom is 0.231 e. The zero-order chi connectivity index (χ0) is 13.7. The Labute approximate surface area is 113 Å². The van der Waals surface area contributed by atoms with Gasteiger partial charge < -0.3 is 25.0 Å². The normalized spacial score (nSPS) is 16.4. The molecule has 0 radical (unpaired) electrons. The van der Waals surface area contributed by atoms with Crippen LogP contribution in [-0.4, -0.2) is 36.2 Å². The summed E-state index contributed by atoms with van der Waals surface area (Å²) in [4.78, 5) is 0. The fourth-order valence-corrected chi connectivity index (χ4v) is 2.06. The average Bonchev–Trinajstić information content (AvgIpc) is 2.86. The van der Waals surface area contributed by atoms with Crippen molar-refractivity contribution in [3.63, 3.8) is 0 Å². The van der Waals surface area contributed by atoms with Crippen LogP contribution in [0.1, 0.15) is 31.4 Å². The highest BCUT2D eigenvalue weighted by Crippen LogP contribution is 2.33. The smallest absolute Gasteiger partial charge is 0.231 e. The van der Waals surface area contributed by atoms with E-state index in [0.717, 1.165) is 18.4 Å². The van der Waals surface area contributed by atoms with Crippen molar-refractivity contribution in [2.24, 2.45) is 0 Å². The van der Waals surface area contributed by atoms with Gasteiger partial charge in [-0.05, 0) is 24.1 Å². The van der Waals surface area contributed by atoms with Gasteiger partial charge in [-0.25, -0.2) is 0 Å². The highest BCUT2D eigenvalue weighted by Gasteiger charge is 2.16. The quantitative estimate of drug-likeness (QED) is 0.692. The van der Waals surface area contributed by atoms with Gasteiger partial charge in [-0.2, -0.15) is 0 Å². The van der Waals surface area contributed by atoms with Gasteiger partial charge in [-0.15, -0.1) is 0 Å². The molecule has 2 rings (SSSR count). The molecule has 0 aromatic heterocycles. The van der Waals surface area contributed by atoms with Crippen LogP contribution in [0.5, 0.6) is 11.5 Å². The Morgan fingerprint density at radius 1 is 1.21 bits per heavy atom. The molecule has 0 saturated carbocycles. The van der Waals surface area contributed by atoms with E-state index in [1.165, 1.54) is 0 Å². The lowest BCUT2D eigenvalue weighted by Gasteiger charge is -2.15. The van der Waals surface area contributed by atoms with Crippen LogP contribution in [0.2, 0.25) is 0 Å². The Morgan fingerprint density at radius 3 is 2.79 bits per heavy atom. The zero-order valence-corrected chi connectivity index (χ0v) is 11.1. The van der Waals surface area contributed by atoms with Gasteiger partial charge in [0.2, 0.25) is 6.79 Å². The zero-order valence-electron chi connectivity index (χ0n) is 11.1. The number of nitrogens with one attached hydrogen (secondary N) is 1. The molecule has 0 aliphatic carbocycles. The van der Waals surface area contributed by atoms with E-state index in [0.29, 0.717) is 24.6 Å². The van der Waals surface area contributed by atoms with Gasteiger partial charge >= 0.3 is 0 Å². The predicted octanol–water partition coefficient (Wildman–Crippen LogP) is 1.20. The molecule has 1 aliphatic rings. The first-order chi connectivity index (χ1) is 9.20. The van der Waals surface area contributed by atoms with Crippen molar-refractivity contribution in [2.75, 3.05) is 19.9 Å². The third-order valence-electron chi connectivity index (χ3n) is 3.12. The first-order valence-electron chi connectivity index (χ1n) is 6.67. The summed E-state index contributed by atoms with van der Waals surface area (Å²) in [6.07, 6.45) is 0.748. The standard InChI is InChI=1S/C14H21NO4/c1-2-3-11(16)7-15-8-12(17)10-4-5-13-14(6-10)19-9-18-13/h4-6,11-12,15-17H,2-3,7-9H2,1H3. The van der Waals surface area contributed by atoms with E-state index in [4.69, 9.17) is 9.47 Å². The molecule has 0 saturated heterocycles. The van der Waals surface area contributed by atoms with Gasteiger partial charge in [0.15, 0.2) is 11.5 Å². The number of aliphatic hydroxyl groups is 2. The van der Waals surface area contributed by atoms with Crippen molar-refractivity contribution >= 4 is 0 Å².